The van der Waals surface area contributed by atoms with E-state index in [1.54, 1.807) is 25.1 Å². The second-order valence-corrected chi connectivity index (χ2v) is 6.75. The third kappa shape index (κ3) is 3.64. The van der Waals surface area contributed by atoms with Crippen molar-refractivity contribution in [2.24, 2.45) is 0 Å². The number of fused-ring (bicyclic) bond motifs is 1. The van der Waals surface area contributed by atoms with Crippen LogP contribution in [-0.2, 0) is 6.54 Å². The summed E-state index contributed by atoms with van der Waals surface area (Å²) in [6.07, 6.45) is 0. The molecule has 8 heteroatoms. The Labute approximate surface area is 165 Å². The van der Waals surface area contributed by atoms with E-state index in [2.05, 4.69) is 15.1 Å². The van der Waals surface area contributed by atoms with Crippen LogP contribution in [0.15, 0.2) is 59.4 Å². The molecule has 0 aliphatic rings. The molecule has 4 aromatic rings. The Morgan fingerprint density at radius 1 is 1.10 bits per heavy atom. The van der Waals surface area contributed by atoms with E-state index in [0.717, 1.165) is 5.56 Å². The second-order valence-electron chi connectivity index (χ2n) is 6.75. The van der Waals surface area contributed by atoms with Gasteiger partial charge in [-0.05, 0) is 38.1 Å². The molecule has 0 aliphatic heterocycles. The van der Waals surface area contributed by atoms with Crippen LogP contribution >= 0.6 is 0 Å². The molecule has 29 heavy (non-hydrogen) atoms. The number of aromatic amines is 1. The number of nitrogens with zero attached hydrogens (tertiary/aromatic N) is 4. The first-order chi connectivity index (χ1) is 13.9. The van der Waals surface area contributed by atoms with Crippen molar-refractivity contribution in [1.29, 1.82) is 0 Å². The fourth-order valence-corrected chi connectivity index (χ4v) is 3.04. The number of H-pyrrole nitrogens is 1. The number of anilines is 1. The summed E-state index contributed by atoms with van der Waals surface area (Å²) >= 11 is 0. The summed E-state index contributed by atoms with van der Waals surface area (Å²) < 4.78 is 15.5. The van der Waals surface area contributed by atoms with Gasteiger partial charge in [0, 0.05) is 17.4 Å². The number of amides is 1. The highest BCUT2D eigenvalue weighted by atomic mass is 19.1. The molecule has 0 unspecified atom stereocenters. The third-order valence-corrected chi connectivity index (χ3v) is 4.51. The van der Waals surface area contributed by atoms with Crippen molar-refractivity contribution in [3.05, 3.63) is 93.4 Å². The average Bonchev–Trinajstić information content (AvgIpc) is 3.10. The van der Waals surface area contributed by atoms with Crippen molar-refractivity contribution in [3.63, 3.8) is 0 Å². The summed E-state index contributed by atoms with van der Waals surface area (Å²) in [6.45, 7) is 3.65. The Morgan fingerprint density at radius 2 is 1.83 bits per heavy atom. The molecule has 0 atom stereocenters. The molecule has 0 aliphatic carbocycles. The Bertz CT molecular complexity index is 1260. The standard InChI is InChI=1S/C21H18FN5O2/c1-13-7-9-15(10-8-13)26(20(29)16-5-3-4-6-17(16)22)12-18-24-21-23-14(2)11-19(28)27(21)25-18/h3-11H,12H2,1-2H3,(H,23,24,25). The predicted molar refractivity (Wildman–Crippen MR) is 106 cm³/mol. The molecule has 1 N–H and O–H groups in total. The topological polar surface area (TPSA) is 83.4 Å². The summed E-state index contributed by atoms with van der Waals surface area (Å²) in [5, 5.41) is 2.87. The number of rotatable bonds is 4. The Morgan fingerprint density at radius 3 is 2.55 bits per heavy atom. The average molecular weight is 391 g/mol. The summed E-state index contributed by atoms with van der Waals surface area (Å²) in [7, 11) is 0. The summed E-state index contributed by atoms with van der Waals surface area (Å²) in [5.41, 5.74) is 1.82. The van der Waals surface area contributed by atoms with Crippen LogP contribution in [0.2, 0.25) is 0 Å². The predicted octanol–water partition coefficient (Wildman–Crippen LogP) is 3.02. The lowest BCUT2D eigenvalue weighted by molar-refractivity contribution is 0.0980. The Kier molecular flexibility index (Phi) is 4.67. The minimum atomic E-state index is -0.604. The first kappa shape index (κ1) is 18.5. The van der Waals surface area contributed by atoms with Crippen LogP contribution in [0.3, 0.4) is 0 Å². The second kappa shape index (κ2) is 7.31. The van der Waals surface area contributed by atoms with E-state index < -0.39 is 11.7 Å². The molecule has 2 heterocycles. The van der Waals surface area contributed by atoms with Crippen LogP contribution in [-0.4, -0.2) is 25.5 Å². The fraction of sp³-hybridized carbons (Fsp3) is 0.143. The number of halogens is 1. The molecule has 2 aromatic carbocycles. The van der Waals surface area contributed by atoms with Gasteiger partial charge >= 0.3 is 0 Å². The van der Waals surface area contributed by atoms with Gasteiger partial charge in [0.25, 0.3) is 17.2 Å². The number of benzene rings is 2. The van der Waals surface area contributed by atoms with Gasteiger partial charge in [-0.25, -0.2) is 9.37 Å². The van der Waals surface area contributed by atoms with E-state index in [-0.39, 0.29) is 23.4 Å². The van der Waals surface area contributed by atoms with Gasteiger partial charge in [-0.1, -0.05) is 29.8 Å². The third-order valence-electron chi connectivity index (χ3n) is 4.51. The van der Waals surface area contributed by atoms with E-state index in [1.165, 1.54) is 33.7 Å². The molecule has 146 valence electrons. The first-order valence-electron chi connectivity index (χ1n) is 9.01. The molecule has 0 saturated carbocycles. The maximum atomic E-state index is 14.3. The number of nitrogens with one attached hydrogen (secondary N) is 1. The van der Waals surface area contributed by atoms with Crippen LogP contribution in [0, 0.1) is 19.7 Å². The number of hydrogen-bond donors (Lipinski definition) is 1. The Balaban J connectivity index is 1.77. The van der Waals surface area contributed by atoms with Gasteiger partial charge in [0.15, 0.2) is 0 Å². The van der Waals surface area contributed by atoms with Gasteiger partial charge in [-0.2, -0.15) is 9.50 Å². The zero-order valence-electron chi connectivity index (χ0n) is 15.9. The molecule has 0 bridgehead atoms. The lowest BCUT2D eigenvalue weighted by Crippen LogP contribution is -2.31. The number of carbonyl (C=O) groups excluding carboxylic acids is 1. The van der Waals surface area contributed by atoms with Crippen molar-refractivity contribution in [2.75, 3.05) is 4.90 Å². The molecular formula is C21H18FN5O2. The molecule has 0 fully saturated rings. The van der Waals surface area contributed by atoms with Gasteiger partial charge in [0.1, 0.15) is 11.6 Å². The molecule has 7 nitrogen and oxygen atoms in total. The van der Waals surface area contributed by atoms with Gasteiger partial charge in [0.05, 0.1) is 12.1 Å². The van der Waals surface area contributed by atoms with Crippen molar-refractivity contribution >= 4 is 17.4 Å². The minimum absolute atomic E-state index is 0.0120. The van der Waals surface area contributed by atoms with E-state index in [4.69, 9.17) is 0 Å². The summed E-state index contributed by atoms with van der Waals surface area (Å²) in [5.74, 6) is -0.547. The SMILES string of the molecule is Cc1ccc(N(Cc2nc3nc(C)cc(=O)n3[nH]2)C(=O)c2ccccc2F)cc1. The highest BCUT2D eigenvalue weighted by Crippen LogP contribution is 2.21. The maximum Gasteiger partial charge on any atom is 0.274 e. The van der Waals surface area contributed by atoms with Gasteiger partial charge < -0.3 is 4.90 Å². The molecule has 1 amide bonds. The van der Waals surface area contributed by atoms with Crippen LogP contribution in [0.1, 0.15) is 27.4 Å². The number of carbonyl (C=O) groups is 1. The molecule has 0 spiro atoms. The largest absolute Gasteiger partial charge is 0.301 e. The van der Waals surface area contributed by atoms with Crippen LogP contribution in [0.4, 0.5) is 10.1 Å². The first-order valence-corrected chi connectivity index (χ1v) is 9.01. The van der Waals surface area contributed by atoms with Crippen LogP contribution in [0.25, 0.3) is 5.78 Å². The Hall–Kier alpha value is -3.81. The van der Waals surface area contributed by atoms with Crippen LogP contribution < -0.4 is 10.5 Å². The van der Waals surface area contributed by atoms with Crippen molar-refractivity contribution in [1.82, 2.24) is 19.6 Å². The zero-order chi connectivity index (χ0) is 20.5. The molecule has 2 aromatic heterocycles. The highest BCUT2D eigenvalue weighted by Gasteiger charge is 2.22. The van der Waals surface area contributed by atoms with Gasteiger partial charge in [-0.3, -0.25) is 14.7 Å². The molecule has 0 radical (unpaired) electrons. The summed E-state index contributed by atoms with van der Waals surface area (Å²) in [6, 6.07) is 14.5. The van der Waals surface area contributed by atoms with Crippen molar-refractivity contribution in [2.45, 2.75) is 20.4 Å². The fourth-order valence-electron chi connectivity index (χ4n) is 3.04. The molecular weight excluding hydrogens is 373 g/mol. The maximum absolute atomic E-state index is 14.3. The lowest BCUT2D eigenvalue weighted by atomic mass is 10.1. The van der Waals surface area contributed by atoms with Gasteiger partial charge in [-0.15, -0.1) is 0 Å². The number of hydrogen-bond acceptors (Lipinski definition) is 4. The summed E-state index contributed by atoms with van der Waals surface area (Å²) in [4.78, 5) is 35.2. The van der Waals surface area contributed by atoms with Crippen LogP contribution in [0.5, 0.6) is 0 Å². The van der Waals surface area contributed by atoms with E-state index in [1.807, 2.05) is 19.1 Å². The van der Waals surface area contributed by atoms with Crippen molar-refractivity contribution in [3.8, 4) is 0 Å². The van der Waals surface area contributed by atoms with E-state index >= 15 is 0 Å². The molecule has 0 saturated heterocycles. The van der Waals surface area contributed by atoms with E-state index in [0.29, 0.717) is 17.2 Å². The minimum Gasteiger partial charge on any atom is -0.301 e. The monoisotopic (exact) mass is 391 g/mol. The zero-order valence-corrected chi connectivity index (χ0v) is 15.9. The lowest BCUT2D eigenvalue weighted by Gasteiger charge is -2.22. The smallest absolute Gasteiger partial charge is 0.274 e. The molecule has 4 rings (SSSR count). The van der Waals surface area contributed by atoms with E-state index in [9.17, 15) is 14.0 Å². The quantitative estimate of drug-likeness (QED) is 0.580. The normalized spacial score (nSPS) is 11.0. The number of aryl methyl sites for hydroxylation is 2. The van der Waals surface area contributed by atoms with Crippen molar-refractivity contribution < 1.29 is 9.18 Å². The van der Waals surface area contributed by atoms with Gasteiger partial charge in [0.2, 0.25) is 0 Å². The number of aromatic nitrogens is 4. The highest BCUT2D eigenvalue weighted by molar-refractivity contribution is 6.06.